The molecule has 1 aliphatic rings. The van der Waals surface area contributed by atoms with Gasteiger partial charge in [-0.1, -0.05) is 0 Å². The zero-order valence-corrected chi connectivity index (χ0v) is 18.6. The third kappa shape index (κ3) is 7.92. The number of aliphatic imine (C=N–C) groups is 1. The summed E-state index contributed by atoms with van der Waals surface area (Å²) in [7, 11) is 0. The van der Waals surface area contributed by atoms with Crippen molar-refractivity contribution in [1.29, 1.82) is 0 Å². The van der Waals surface area contributed by atoms with Crippen LogP contribution in [0.15, 0.2) is 23.3 Å². The maximum absolute atomic E-state index is 12.9. The van der Waals surface area contributed by atoms with Crippen molar-refractivity contribution in [2.24, 2.45) is 4.99 Å². The summed E-state index contributed by atoms with van der Waals surface area (Å²) >= 11 is 1.89. The highest BCUT2D eigenvalue weighted by Crippen LogP contribution is 2.33. The topological polar surface area (TPSA) is 61.3 Å². The molecule has 0 amide bonds. The third-order valence-electron chi connectivity index (χ3n) is 4.19. The van der Waals surface area contributed by atoms with Gasteiger partial charge in [-0.3, -0.25) is 4.99 Å². The molecule has 2 unspecified atom stereocenters. The molecule has 1 aromatic heterocycles. The molecule has 0 bridgehead atoms. The Morgan fingerprint density at radius 1 is 1.37 bits per heavy atom. The molecule has 0 aliphatic heterocycles. The highest BCUT2D eigenvalue weighted by atomic mass is 127. The van der Waals surface area contributed by atoms with Gasteiger partial charge in [0.15, 0.2) is 5.96 Å². The molecule has 154 valence electrons. The molecule has 2 atom stereocenters. The van der Waals surface area contributed by atoms with Gasteiger partial charge in [0, 0.05) is 30.6 Å². The first kappa shape index (κ1) is 24.1. The van der Waals surface area contributed by atoms with Crippen LogP contribution in [0.1, 0.15) is 31.7 Å². The quantitative estimate of drug-likeness (QED) is 0.221. The van der Waals surface area contributed by atoms with Crippen molar-refractivity contribution in [2.75, 3.05) is 31.2 Å². The van der Waals surface area contributed by atoms with Crippen LogP contribution in [0.5, 0.6) is 0 Å². The molecule has 0 aromatic carbocycles. The molecular formula is C17H27F3IN5S. The van der Waals surface area contributed by atoms with Gasteiger partial charge in [0.1, 0.15) is 5.82 Å². The lowest BCUT2D eigenvalue weighted by Crippen LogP contribution is -2.42. The number of nitrogens with one attached hydrogen (secondary N) is 3. The van der Waals surface area contributed by atoms with Gasteiger partial charge in [-0.05, 0) is 44.6 Å². The average molecular weight is 517 g/mol. The van der Waals surface area contributed by atoms with E-state index in [9.17, 15) is 13.2 Å². The first-order valence-corrected chi connectivity index (χ1v) is 10.1. The molecule has 0 saturated heterocycles. The maximum Gasteiger partial charge on any atom is 0.419 e. The van der Waals surface area contributed by atoms with Crippen molar-refractivity contribution in [3.05, 3.63) is 23.9 Å². The molecule has 0 radical (unpaired) electrons. The number of hydrogen-bond donors (Lipinski definition) is 3. The Balaban J connectivity index is 0.00000364. The van der Waals surface area contributed by atoms with Crippen molar-refractivity contribution in [3.8, 4) is 0 Å². The standard InChI is InChI=1S/C17H26F3N5S.HI/c1-3-21-16(25-12-6-7-13(11-12)26-2)24-10-9-23-15-14(17(18,19)20)5-4-8-22-15;/h4-5,8,12-13H,3,6-7,9-11H2,1-2H3,(H,22,23)(H2,21,24,25);1H. The summed E-state index contributed by atoms with van der Waals surface area (Å²) in [4.78, 5) is 8.24. The van der Waals surface area contributed by atoms with Crippen LogP contribution in [0.3, 0.4) is 0 Å². The molecule has 10 heteroatoms. The van der Waals surface area contributed by atoms with E-state index >= 15 is 0 Å². The lowest BCUT2D eigenvalue weighted by atomic mass is 10.2. The molecule has 1 aromatic rings. The van der Waals surface area contributed by atoms with E-state index < -0.39 is 11.7 Å². The second-order valence-corrected chi connectivity index (χ2v) is 7.23. The molecule has 0 spiro atoms. The summed E-state index contributed by atoms with van der Waals surface area (Å²) in [5.41, 5.74) is -0.761. The number of pyridine rings is 1. The second-order valence-electron chi connectivity index (χ2n) is 6.10. The average Bonchev–Trinajstić information content (AvgIpc) is 3.06. The summed E-state index contributed by atoms with van der Waals surface area (Å²) in [6, 6.07) is 2.70. The Morgan fingerprint density at radius 3 is 2.78 bits per heavy atom. The molecule has 1 aliphatic carbocycles. The number of halogens is 4. The van der Waals surface area contributed by atoms with Gasteiger partial charge in [-0.2, -0.15) is 24.9 Å². The van der Waals surface area contributed by atoms with Crippen molar-refractivity contribution in [3.63, 3.8) is 0 Å². The van der Waals surface area contributed by atoms with Crippen molar-refractivity contribution >= 4 is 47.5 Å². The Labute approximate surface area is 179 Å². The minimum absolute atomic E-state index is 0. The number of nitrogens with zero attached hydrogens (tertiary/aromatic N) is 2. The summed E-state index contributed by atoms with van der Waals surface area (Å²) in [5, 5.41) is 10.0. The smallest absolute Gasteiger partial charge is 0.368 e. The Bertz CT molecular complexity index is 600. The third-order valence-corrected chi connectivity index (χ3v) is 5.29. The van der Waals surface area contributed by atoms with E-state index in [4.69, 9.17) is 0 Å². The number of anilines is 1. The monoisotopic (exact) mass is 517 g/mol. The fourth-order valence-corrected chi connectivity index (χ4v) is 3.71. The first-order chi connectivity index (χ1) is 12.4. The molecule has 1 saturated carbocycles. The van der Waals surface area contributed by atoms with Crippen molar-refractivity contribution < 1.29 is 13.2 Å². The SMILES string of the molecule is CCNC(=NCCNc1ncccc1C(F)(F)F)NC1CCC(SC)C1.I. The second kappa shape index (κ2) is 11.8. The Kier molecular flexibility index (Phi) is 10.6. The van der Waals surface area contributed by atoms with Gasteiger partial charge in [0.2, 0.25) is 0 Å². The van der Waals surface area contributed by atoms with Crippen LogP contribution in [0, 0.1) is 0 Å². The van der Waals surface area contributed by atoms with Crippen LogP contribution in [0.25, 0.3) is 0 Å². The Morgan fingerprint density at radius 2 is 2.15 bits per heavy atom. The van der Waals surface area contributed by atoms with E-state index in [0.29, 0.717) is 23.8 Å². The van der Waals surface area contributed by atoms with Crippen molar-refractivity contribution in [1.82, 2.24) is 15.6 Å². The van der Waals surface area contributed by atoms with Gasteiger partial charge >= 0.3 is 6.18 Å². The highest BCUT2D eigenvalue weighted by Gasteiger charge is 2.33. The minimum atomic E-state index is -4.42. The number of alkyl halides is 3. The van der Waals surface area contributed by atoms with E-state index in [0.717, 1.165) is 25.5 Å². The molecular weight excluding hydrogens is 490 g/mol. The van der Waals surface area contributed by atoms with Crippen LogP contribution in [0.4, 0.5) is 19.0 Å². The fraction of sp³-hybridized carbons (Fsp3) is 0.647. The number of hydrogen-bond acceptors (Lipinski definition) is 4. The molecule has 5 nitrogen and oxygen atoms in total. The van der Waals surface area contributed by atoms with E-state index in [1.54, 1.807) is 0 Å². The lowest BCUT2D eigenvalue weighted by molar-refractivity contribution is -0.137. The highest BCUT2D eigenvalue weighted by molar-refractivity contribution is 14.0. The summed E-state index contributed by atoms with van der Waals surface area (Å²) in [6.45, 7) is 3.34. The molecule has 3 N–H and O–H groups in total. The van der Waals surface area contributed by atoms with Crippen LogP contribution in [0.2, 0.25) is 0 Å². The predicted molar refractivity (Wildman–Crippen MR) is 117 cm³/mol. The van der Waals surface area contributed by atoms with Crippen LogP contribution in [-0.2, 0) is 6.18 Å². The molecule has 1 fully saturated rings. The number of aromatic nitrogens is 1. The zero-order chi connectivity index (χ0) is 19.0. The van der Waals surface area contributed by atoms with Gasteiger partial charge in [0.25, 0.3) is 0 Å². The van der Waals surface area contributed by atoms with Gasteiger partial charge in [0.05, 0.1) is 12.1 Å². The Hall–Kier alpha value is -0.910. The number of guanidine groups is 1. The normalized spacial score (nSPS) is 20.1. The van der Waals surface area contributed by atoms with Gasteiger partial charge in [-0.25, -0.2) is 4.98 Å². The molecule has 1 heterocycles. The molecule has 27 heavy (non-hydrogen) atoms. The number of rotatable bonds is 7. The predicted octanol–water partition coefficient (Wildman–Crippen LogP) is 3.97. The van der Waals surface area contributed by atoms with E-state index in [1.165, 1.54) is 18.7 Å². The zero-order valence-electron chi connectivity index (χ0n) is 15.5. The minimum Gasteiger partial charge on any atom is -0.368 e. The fourth-order valence-electron chi connectivity index (χ4n) is 2.92. The van der Waals surface area contributed by atoms with Crippen LogP contribution in [-0.4, -0.2) is 48.1 Å². The first-order valence-electron chi connectivity index (χ1n) is 8.77. The van der Waals surface area contributed by atoms with Gasteiger partial charge < -0.3 is 16.0 Å². The summed E-state index contributed by atoms with van der Waals surface area (Å²) in [5.74, 6) is 0.546. The van der Waals surface area contributed by atoms with Crippen LogP contribution < -0.4 is 16.0 Å². The van der Waals surface area contributed by atoms with Gasteiger partial charge in [-0.15, -0.1) is 24.0 Å². The number of thioether (sulfide) groups is 1. The van der Waals surface area contributed by atoms with Crippen LogP contribution >= 0.6 is 35.7 Å². The molecule has 2 rings (SSSR count). The van der Waals surface area contributed by atoms with E-state index in [1.807, 2.05) is 18.7 Å². The van der Waals surface area contributed by atoms with E-state index in [-0.39, 0.29) is 36.3 Å². The lowest BCUT2D eigenvalue weighted by Gasteiger charge is -2.17. The van der Waals surface area contributed by atoms with E-state index in [2.05, 4.69) is 32.2 Å². The summed E-state index contributed by atoms with van der Waals surface area (Å²) < 4.78 is 38.8. The maximum atomic E-state index is 12.9. The largest absolute Gasteiger partial charge is 0.419 e. The van der Waals surface area contributed by atoms with Crippen molar-refractivity contribution in [2.45, 2.75) is 43.7 Å². The summed E-state index contributed by atoms with van der Waals surface area (Å²) in [6.07, 6.45) is 2.45.